The second kappa shape index (κ2) is 8.08. The highest BCUT2D eigenvalue weighted by Gasteiger charge is 2.22. The first kappa shape index (κ1) is 14.9. The summed E-state index contributed by atoms with van der Waals surface area (Å²) < 4.78 is 5.16. The van der Waals surface area contributed by atoms with Crippen LogP contribution in [0.15, 0.2) is 0 Å². The Kier molecular flexibility index (Phi) is 8.02. The van der Waals surface area contributed by atoms with Gasteiger partial charge >= 0.3 is 0 Å². The standard InChI is InChI=1S/C12H28N2O/c1-6-11(3)14(7-8-15-5)12(4)10(2)9-13/h10-12H,6-9,13H2,1-5H3. The van der Waals surface area contributed by atoms with Crippen LogP contribution >= 0.6 is 0 Å². The van der Waals surface area contributed by atoms with Gasteiger partial charge in [0, 0.05) is 25.7 Å². The van der Waals surface area contributed by atoms with E-state index in [2.05, 4.69) is 32.6 Å². The van der Waals surface area contributed by atoms with Crippen LogP contribution in [0.5, 0.6) is 0 Å². The van der Waals surface area contributed by atoms with Gasteiger partial charge in [-0.1, -0.05) is 13.8 Å². The first-order valence-corrected chi connectivity index (χ1v) is 6.03. The van der Waals surface area contributed by atoms with Gasteiger partial charge in [0.05, 0.1) is 6.61 Å². The summed E-state index contributed by atoms with van der Waals surface area (Å²) in [6, 6.07) is 1.13. The monoisotopic (exact) mass is 216 g/mol. The van der Waals surface area contributed by atoms with Gasteiger partial charge in [0.15, 0.2) is 0 Å². The fourth-order valence-electron chi connectivity index (χ4n) is 1.78. The zero-order valence-electron chi connectivity index (χ0n) is 11.0. The van der Waals surface area contributed by atoms with Crippen LogP contribution in [0.1, 0.15) is 34.1 Å². The molecular formula is C12H28N2O. The Morgan fingerprint density at radius 3 is 2.27 bits per heavy atom. The van der Waals surface area contributed by atoms with Crippen molar-refractivity contribution in [2.24, 2.45) is 11.7 Å². The van der Waals surface area contributed by atoms with Gasteiger partial charge in [-0.25, -0.2) is 0 Å². The van der Waals surface area contributed by atoms with Gasteiger partial charge < -0.3 is 10.5 Å². The van der Waals surface area contributed by atoms with E-state index in [-0.39, 0.29) is 0 Å². The van der Waals surface area contributed by atoms with Crippen molar-refractivity contribution in [1.82, 2.24) is 4.90 Å². The molecule has 0 fully saturated rings. The van der Waals surface area contributed by atoms with Gasteiger partial charge in [0.2, 0.25) is 0 Å². The molecular weight excluding hydrogens is 188 g/mol. The Hall–Kier alpha value is -0.120. The molecule has 3 unspecified atom stereocenters. The van der Waals surface area contributed by atoms with Gasteiger partial charge in [0.25, 0.3) is 0 Å². The van der Waals surface area contributed by atoms with Crippen molar-refractivity contribution >= 4 is 0 Å². The fraction of sp³-hybridized carbons (Fsp3) is 1.00. The lowest BCUT2D eigenvalue weighted by Gasteiger charge is -2.37. The molecule has 3 nitrogen and oxygen atoms in total. The molecule has 0 aromatic heterocycles. The van der Waals surface area contributed by atoms with Gasteiger partial charge in [-0.15, -0.1) is 0 Å². The third-order valence-electron chi connectivity index (χ3n) is 3.43. The number of methoxy groups -OCH3 is 1. The molecule has 0 spiro atoms. The number of hydrogen-bond donors (Lipinski definition) is 1. The molecule has 2 N–H and O–H groups in total. The van der Waals surface area contributed by atoms with Crippen molar-refractivity contribution in [3.05, 3.63) is 0 Å². The van der Waals surface area contributed by atoms with Crippen molar-refractivity contribution in [1.29, 1.82) is 0 Å². The predicted molar refractivity (Wildman–Crippen MR) is 66.0 cm³/mol. The van der Waals surface area contributed by atoms with Crippen LogP contribution in [0.4, 0.5) is 0 Å². The highest BCUT2D eigenvalue weighted by atomic mass is 16.5. The summed E-state index contributed by atoms with van der Waals surface area (Å²) in [6.07, 6.45) is 1.17. The topological polar surface area (TPSA) is 38.5 Å². The normalized spacial score (nSPS) is 17.8. The van der Waals surface area contributed by atoms with E-state index in [1.54, 1.807) is 7.11 Å². The minimum absolute atomic E-state index is 0.528. The van der Waals surface area contributed by atoms with E-state index in [0.717, 1.165) is 19.7 Å². The highest BCUT2D eigenvalue weighted by molar-refractivity contribution is 4.77. The molecule has 0 aliphatic rings. The van der Waals surface area contributed by atoms with Crippen molar-refractivity contribution < 1.29 is 4.74 Å². The molecule has 0 saturated carbocycles. The molecule has 0 aliphatic heterocycles. The van der Waals surface area contributed by atoms with Gasteiger partial charge in [-0.2, -0.15) is 0 Å². The minimum atomic E-state index is 0.528. The Morgan fingerprint density at radius 2 is 1.87 bits per heavy atom. The highest BCUT2D eigenvalue weighted by Crippen LogP contribution is 2.14. The van der Waals surface area contributed by atoms with E-state index in [4.69, 9.17) is 10.5 Å². The van der Waals surface area contributed by atoms with Gasteiger partial charge in [-0.3, -0.25) is 4.90 Å². The molecule has 0 aliphatic carbocycles. The van der Waals surface area contributed by atoms with Gasteiger partial charge in [-0.05, 0) is 32.7 Å². The minimum Gasteiger partial charge on any atom is -0.383 e. The molecule has 0 aromatic rings. The number of ether oxygens (including phenoxy) is 1. The Morgan fingerprint density at radius 1 is 1.27 bits per heavy atom. The van der Waals surface area contributed by atoms with E-state index in [1.165, 1.54) is 6.42 Å². The summed E-state index contributed by atoms with van der Waals surface area (Å²) in [7, 11) is 1.76. The van der Waals surface area contributed by atoms with Crippen LogP contribution in [-0.2, 0) is 4.74 Å². The SMILES string of the molecule is CCC(C)N(CCOC)C(C)C(C)CN. The third kappa shape index (κ3) is 4.96. The lowest BCUT2D eigenvalue weighted by molar-refractivity contribution is 0.0743. The Bertz CT molecular complexity index is 153. The van der Waals surface area contributed by atoms with Crippen LogP contribution < -0.4 is 5.73 Å². The second-order valence-electron chi connectivity index (χ2n) is 4.44. The average molecular weight is 216 g/mol. The number of nitrogens with zero attached hydrogens (tertiary/aromatic N) is 1. The molecule has 3 atom stereocenters. The molecule has 92 valence electrons. The first-order chi connectivity index (χ1) is 7.08. The zero-order chi connectivity index (χ0) is 11.8. The van der Waals surface area contributed by atoms with Crippen molar-refractivity contribution in [3.8, 4) is 0 Å². The van der Waals surface area contributed by atoms with Crippen LogP contribution in [0, 0.1) is 5.92 Å². The van der Waals surface area contributed by atoms with Crippen molar-refractivity contribution in [2.45, 2.75) is 46.2 Å². The quantitative estimate of drug-likeness (QED) is 0.671. The summed E-state index contributed by atoms with van der Waals surface area (Å²) in [5.41, 5.74) is 5.72. The predicted octanol–water partition coefficient (Wildman–Crippen LogP) is 1.72. The second-order valence-corrected chi connectivity index (χ2v) is 4.44. The molecule has 0 rings (SSSR count). The average Bonchev–Trinajstić information content (AvgIpc) is 2.27. The van der Waals surface area contributed by atoms with E-state index < -0.39 is 0 Å². The lowest BCUT2D eigenvalue weighted by atomic mass is 10.00. The van der Waals surface area contributed by atoms with Crippen molar-refractivity contribution in [3.63, 3.8) is 0 Å². The largest absolute Gasteiger partial charge is 0.383 e. The van der Waals surface area contributed by atoms with E-state index >= 15 is 0 Å². The van der Waals surface area contributed by atoms with Crippen LogP contribution in [0.3, 0.4) is 0 Å². The molecule has 0 amide bonds. The maximum atomic E-state index is 5.72. The Labute approximate surface area is 95.0 Å². The maximum absolute atomic E-state index is 5.72. The Balaban J connectivity index is 4.32. The summed E-state index contributed by atoms with van der Waals surface area (Å²) >= 11 is 0. The van der Waals surface area contributed by atoms with E-state index in [0.29, 0.717) is 18.0 Å². The first-order valence-electron chi connectivity index (χ1n) is 6.03. The zero-order valence-corrected chi connectivity index (χ0v) is 11.0. The summed E-state index contributed by atoms with van der Waals surface area (Å²) in [6.45, 7) is 11.5. The van der Waals surface area contributed by atoms with Crippen LogP contribution in [-0.4, -0.2) is 43.8 Å². The number of nitrogens with two attached hydrogens (primary N) is 1. The number of hydrogen-bond acceptors (Lipinski definition) is 3. The summed E-state index contributed by atoms with van der Waals surface area (Å²) in [4.78, 5) is 2.50. The van der Waals surface area contributed by atoms with Crippen LogP contribution in [0.2, 0.25) is 0 Å². The van der Waals surface area contributed by atoms with E-state index in [1.807, 2.05) is 0 Å². The smallest absolute Gasteiger partial charge is 0.0589 e. The third-order valence-corrected chi connectivity index (χ3v) is 3.43. The molecule has 0 heterocycles. The fourth-order valence-corrected chi connectivity index (χ4v) is 1.78. The van der Waals surface area contributed by atoms with Gasteiger partial charge in [0.1, 0.15) is 0 Å². The molecule has 15 heavy (non-hydrogen) atoms. The molecule has 0 aromatic carbocycles. The van der Waals surface area contributed by atoms with E-state index in [9.17, 15) is 0 Å². The summed E-state index contributed by atoms with van der Waals surface area (Å²) in [5.74, 6) is 0.538. The van der Waals surface area contributed by atoms with Crippen molar-refractivity contribution in [2.75, 3.05) is 26.8 Å². The molecule has 3 heteroatoms. The molecule has 0 saturated heterocycles. The number of rotatable bonds is 8. The lowest BCUT2D eigenvalue weighted by Crippen LogP contribution is -2.46. The molecule has 0 radical (unpaired) electrons. The van der Waals surface area contributed by atoms with Crippen LogP contribution in [0.25, 0.3) is 0 Å². The maximum Gasteiger partial charge on any atom is 0.0589 e. The molecule has 0 bridgehead atoms. The summed E-state index contributed by atoms with van der Waals surface area (Å²) in [5, 5.41) is 0.